The maximum absolute atomic E-state index is 11.6. The summed E-state index contributed by atoms with van der Waals surface area (Å²) in [5.74, 6) is 0. The standard InChI is InChI=1S/C7H12F3NOS/c1-6(2,3)13(12)11-5-4-7(8,9)10/h4-5,11H,1-3H3/t13-/m0/s1. The molecule has 78 valence electrons. The molecule has 2 nitrogen and oxygen atoms in total. The Kier molecular flexibility index (Phi) is 3.96. The van der Waals surface area contributed by atoms with E-state index in [1.165, 1.54) is 0 Å². The molecule has 0 saturated carbocycles. The highest BCUT2D eigenvalue weighted by molar-refractivity contribution is 7.84. The van der Waals surface area contributed by atoms with Crippen molar-refractivity contribution in [1.82, 2.24) is 4.72 Å². The van der Waals surface area contributed by atoms with Gasteiger partial charge in [-0.05, 0) is 20.8 Å². The number of rotatable bonds is 2. The van der Waals surface area contributed by atoms with Gasteiger partial charge in [-0.1, -0.05) is 0 Å². The molecule has 0 aromatic rings. The average molecular weight is 215 g/mol. The molecule has 0 aromatic heterocycles. The van der Waals surface area contributed by atoms with Gasteiger partial charge in [0.15, 0.2) is 0 Å². The van der Waals surface area contributed by atoms with Crippen LogP contribution < -0.4 is 4.72 Å². The molecule has 0 heterocycles. The molecular weight excluding hydrogens is 203 g/mol. The first-order valence-electron chi connectivity index (χ1n) is 3.55. The summed E-state index contributed by atoms with van der Waals surface area (Å²) in [5, 5.41) is 0. The predicted octanol–water partition coefficient (Wildman–Crippen LogP) is 2.11. The molecule has 1 atom stereocenters. The van der Waals surface area contributed by atoms with Crippen LogP contribution in [0.25, 0.3) is 0 Å². The van der Waals surface area contributed by atoms with Crippen LogP contribution in [0.2, 0.25) is 0 Å². The second-order valence-corrected chi connectivity index (χ2v) is 5.37. The van der Waals surface area contributed by atoms with E-state index < -0.39 is 21.9 Å². The van der Waals surface area contributed by atoms with E-state index in [4.69, 9.17) is 0 Å². The zero-order valence-corrected chi connectivity index (χ0v) is 8.42. The maximum atomic E-state index is 11.6. The number of halogens is 3. The van der Waals surface area contributed by atoms with Crippen LogP contribution in [0, 0.1) is 0 Å². The fourth-order valence-corrected chi connectivity index (χ4v) is 0.912. The Morgan fingerprint density at radius 2 is 1.69 bits per heavy atom. The molecule has 0 rings (SSSR count). The Morgan fingerprint density at radius 1 is 1.23 bits per heavy atom. The minimum atomic E-state index is -4.37. The number of hydrogen-bond acceptors (Lipinski definition) is 1. The molecule has 0 radical (unpaired) electrons. The van der Waals surface area contributed by atoms with Crippen molar-refractivity contribution in [3.63, 3.8) is 0 Å². The Bertz CT molecular complexity index is 217. The van der Waals surface area contributed by atoms with Gasteiger partial charge < -0.3 is 4.72 Å². The van der Waals surface area contributed by atoms with E-state index in [1.807, 2.05) is 0 Å². The summed E-state index contributed by atoms with van der Waals surface area (Å²) >= 11 is 0. The van der Waals surface area contributed by atoms with Gasteiger partial charge in [-0.15, -0.1) is 0 Å². The highest BCUT2D eigenvalue weighted by Crippen LogP contribution is 2.15. The molecule has 6 heteroatoms. The van der Waals surface area contributed by atoms with Gasteiger partial charge in [-0.25, -0.2) is 4.21 Å². The highest BCUT2D eigenvalue weighted by atomic mass is 32.2. The summed E-state index contributed by atoms with van der Waals surface area (Å²) < 4.78 is 47.4. The first-order chi connectivity index (χ1) is 5.63. The van der Waals surface area contributed by atoms with E-state index in [2.05, 4.69) is 4.72 Å². The first kappa shape index (κ1) is 12.5. The second-order valence-electron chi connectivity index (χ2n) is 3.37. The molecular formula is C7H12F3NOS. The zero-order valence-electron chi connectivity index (χ0n) is 7.61. The molecule has 0 aromatic carbocycles. The Balaban J connectivity index is 4.06. The molecule has 0 aliphatic rings. The minimum Gasteiger partial charge on any atom is -0.312 e. The topological polar surface area (TPSA) is 29.1 Å². The van der Waals surface area contributed by atoms with Crippen LogP contribution in [0.15, 0.2) is 12.3 Å². The molecule has 0 unspecified atom stereocenters. The lowest BCUT2D eigenvalue weighted by Gasteiger charge is -2.16. The van der Waals surface area contributed by atoms with Crippen molar-refractivity contribution in [3.05, 3.63) is 12.3 Å². The van der Waals surface area contributed by atoms with Crippen LogP contribution >= 0.6 is 0 Å². The molecule has 0 aliphatic carbocycles. The summed E-state index contributed by atoms with van der Waals surface area (Å²) in [6, 6.07) is 0. The van der Waals surface area contributed by atoms with Gasteiger partial charge in [0.25, 0.3) is 0 Å². The third-order valence-electron chi connectivity index (χ3n) is 1.00. The largest absolute Gasteiger partial charge is 0.411 e. The molecule has 0 saturated heterocycles. The number of hydrogen-bond donors (Lipinski definition) is 1. The van der Waals surface area contributed by atoms with E-state index in [-0.39, 0.29) is 6.08 Å². The van der Waals surface area contributed by atoms with Crippen molar-refractivity contribution in [2.75, 3.05) is 0 Å². The van der Waals surface area contributed by atoms with Gasteiger partial charge in [0, 0.05) is 12.3 Å². The number of allylic oxidation sites excluding steroid dienone is 1. The molecule has 0 amide bonds. The normalized spacial score (nSPS) is 16.2. The zero-order chi connectivity index (χ0) is 10.7. The van der Waals surface area contributed by atoms with Gasteiger partial charge in [0.05, 0.1) is 4.75 Å². The van der Waals surface area contributed by atoms with Crippen molar-refractivity contribution < 1.29 is 17.4 Å². The summed E-state index contributed by atoms with van der Waals surface area (Å²) in [6.07, 6.45) is -3.70. The fourth-order valence-electron chi connectivity index (χ4n) is 0.367. The van der Waals surface area contributed by atoms with Crippen LogP contribution in [0.4, 0.5) is 13.2 Å². The molecule has 13 heavy (non-hydrogen) atoms. The molecule has 0 bridgehead atoms. The van der Waals surface area contributed by atoms with Crippen molar-refractivity contribution in [2.24, 2.45) is 0 Å². The minimum absolute atomic E-state index is 0.0106. The van der Waals surface area contributed by atoms with Gasteiger partial charge in [-0.3, -0.25) is 0 Å². The van der Waals surface area contributed by atoms with Crippen LogP contribution in [0.5, 0.6) is 0 Å². The van der Waals surface area contributed by atoms with Crippen LogP contribution in [-0.4, -0.2) is 15.1 Å². The number of alkyl halides is 3. The third-order valence-corrected chi connectivity index (χ3v) is 2.47. The summed E-state index contributed by atoms with van der Waals surface area (Å²) in [5.41, 5.74) is 0. The molecule has 1 N–H and O–H groups in total. The third kappa shape index (κ3) is 6.62. The molecule has 0 fully saturated rings. The van der Waals surface area contributed by atoms with Crippen molar-refractivity contribution >= 4 is 11.0 Å². The Hall–Kier alpha value is -0.520. The monoisotopic (exact) mass is 215 g/mol. The van der Waals surface area contributed by atoms with E-state index in [1.54, 1.807) is 20.8 Å². The quantitative estimate of drug-likeness (QED) is 0.751. The average Bonchev–Trinajstić information content (AvgIpc) is 1.82. The lowest BCUT2D eigenvalue weighted by atomic mass is 10.3. The maximum Gasteiger partial charge on any atom is 0.411 e. The van der Waals surface area contributed by atoms with E-state index in [0.29, 0.717) is 6.20 Å². The summed E-state index contributed by atoms with van der Waals surface area (Å²) in [6.45, 7) is 4.99. The van der Waals surface area contributed by atoms with Crippen LogP contribution in [0.1, 0.15) is 20.8 Å². The van der Waals surface area contributed by atoms with E-state index >= 15 is 0 Å². The van der Waals surface area contributed by atoms with Crippen molar-refractivity contribution in [2.45, 2.75) is 31.7 Å². The van der Waals surface area contributed by atoms with Gasteiger partial charge in [0.2, 0.25) is 0 Å². The van der Waals surface area contributed by atoms with Gasteiger partial charge in [0.1, 0.15) is 11.0 Å². The van der Waals surface area contributed by atoms with Crippen LogP contribution in [0.3, 0.4) is 0 Å². The smallest absolute Gasteiger partial charge is 0.312 e. The van der Waals surface area contributed by atoms with E-state index in [0.717, 1.165) is 0 Å². The predicted molar refractivity (Wildman–Crippen MR) is 46.2 cm³/mol. The lowest BCUT2D eigenvalue weighted by Crippen LogP contribution is -2.30. The molecule has 0 spiro atoms. The van der Waals surface area contributed by atoms with Crippen molar-refractivity contribution in [3.8, 4) is 0 Å². The molecule has 0 aliphatic heterocycles. The first-order valence-corrected chi connectivity index (χ1v) is 4.70. The van der Waals surface area contributed by atoms with Crippen molar-refractivity contribution in [1.29, 1.82) is 0 Å². The highest BCUT2D eigenvalue weighted by Gasteiger charge is 2.23. The second kappa shape index (κ2) is 4.13. The van der Waals surface area contributed by atoms with Gasteiger partial charge >= 0.3 is 6.18 Å². The van der Waals surface area contributed by atoms with Crippen LogP contribution in [-0.2, 0) is 11.0 Å². The summed E-state index contributed by atoms with van der Waals surface area (Å²) in [4.78, 5) is 0. The number of nitrogens with one attached hydrogen (secondary N) is 1. The SMILES string of the molecule is CC(C)(C)[S@](=O)NC=CC(F)(F)F. The lowest BCUT2D eigenvalue weighted by molar-refractivity contribution is -0.0800. The Labute approximate surface area is 77.8 Å². The summed E-state index contributed by atoms with van der Waals surface area (Å²) in [7, 11) is -1.51. The fraction of sp³-hybridized carbons (Fsp3) is 0.714. The Morgan fingerprint density at radius 3 is 2.00 bits per heavy atom. The van der Waals surface area contributed by atoms with Gasteiger partial charge in [-0.2, -0.15) is 13.2 Å². The van der Waals surface area contributed by atoms with E-state index in [9.17, 15) is 17.4 Å².